The SMILES string of the molecule is Cc1ccc(S(=O)(=O)N(CC(=O)N(Cc2ccc(Cl)cc2)[C@@H](C)C(=O)NCC(C)C)c2ccc(C)cc2C)cc1. The number of sulfonamides is 1. The lowest BCUT2D eigenvalue weighted by Crippen LogP contribution is -2.51. The van der Waals surface area contributed by atoms with Crippen molar-refractivity contribution < 1.29 is 18.0 Å². The van der Waals surface area contributed by atoms with Gasteiger partial charge in [0.05, 0.1) is 10.6 Å². The van der Waals surface area contributed by atoms with Gasteiger partial charge in [0.1, 0.15) is 12.6 Å². The quantitative estimate of drug-likeness (QED) is 0.316. The molecule has 0 saturated heterocycles. The lowest BCUT2D eigenvalue weighted by Gasteiger charge is -2.32. The predicted molar refractivity (Wildman–Crippen MR) is 161 cm³/mol. The van der Waals surface area contributed by atoms with Gasteiger partial charge in [-0.25, -0.2) is 8.42 Å². The van der Waals surface area contributed by atoms with Crippen molar-refractivity contribution >= 4 is 39.1 Å². The number of rotatable bonds is 11. The van der Waals surface area contributed by atoms with Gasteiger partial charge in [0, 0.05) is 18.1 Å². The minimum absolute atomic E-state index is 0.0813. The summed E-state index contributed by atoms with van der Waals surface area (Å²) in [5.41, 5.74) is 3.78. The molecule has 0 spiro atoms. The van der Waals surface area contributed by atoms with Gasteiger partial charge < -0.3 is 10.2 Å². The Morgan fingerprint density at radius 2 is 1.48 bits per heavy atom. The first-order valence-corrected chi connectivity index (χ1v) is 15.1. The van der Waals surface area contributed by atoms with E-state index in [1.807, 2.05) is 46.8 Å². The molecule has 0 saturated carbocycles. The molecule has 9 heteroatoms. The number of aryl methyl sites for hydroxylation is 3. The summed E-state index contributed by atoms with van der Waals surface area (Å²) in [5.74, 6) is -0.579. The number of nitrogens with zero attached hydrogens (tertiary/aromatic N) is 2. The number of carbonyl (C=O) groups excluding carboxylic acids is 2. The fourth-order valence-electron chi connectivity index (χ4n) is 4.26. The molecule has 0 unspecified atom stereocenters. The van der Waals surface area contributed by atoms with E-state index in [-0.39, 0.29) is 23.3 Å². The van der Waals surface area contributed by atoms with E-state index in [1.165, 1.54) is 4.90 Å². The summed E-state index contributed by atoms with van der Waals surface area (Å²) in [6.07, 6.45) is 0. The highest BCUT2D eigenvalue weighted by atomic mass is 35.5. The van der Waals surface area contributed by atoms with Crippen molar-refractivity contribution in [2.75, 3.05) is 17.4 Å². The molecule has 0 aliphatic heterocycles. The Labute approximate surface area is 243 Å². The molecule has 40 heavy (non-hydrogen) atoms. The van der Waals surface area contributed by atoms with Gasteiger partial charge in [0.25, 0.3) is 10.0 Å². The van der Waals surface area contributed by atoms with Gasteiger partial charge in [0.2, 0.25) is 11.8 Å². The molecule has 0 aliphatic rings. The Bertz CT molecular complexity index is 1440. The Morgan fingerprint density at radius 1 is 0.875 bits per heavy atom. The highest BCUT2D eigenvalue weighted by molar-refractivity contribution is 7.92. The third-order valence-electron chi connectivity index (χ3n) is 6.63. The lowest BCUT2D eigenvalue weighted by molar-refractivity contribution is -0.139. The van der Waals surface area contributed by atoms with Crippen molar-refractivity contribution in [1.29, 1.82) is 0 Å². The van der Waals surface area contributed by atoms with Crippen molar-refractivity contribution in [1.82, 2.24) is 10.2 Å². The molecule has 0 bridgehead atoms. The number of hydrogen-bond acceptors (Lipinski definition) is 4. The zero-order chi connectivity index (χ0) is 29.6. The summed E-state index contributed by atoms with van der Waals surface area (Å²) in [5, 5.41) is 3.44. The van der Waals surface area contributed by atoms with Crippen molar-refractivity contribution in [2.45, 2.75) is 59.0 Å². The second kappa shape index (κ2) is 13.3. The molecule has 0 aliphatic carbocycles. The first kappa shape index (κ1) is 31.2. The Hall–Kier alpha value is -3.36. The van der Waals surface area contributed by atoms with Gasteiger partial charge in [-0.1, -0.05) is 73.0 Å². The molecule has 3 rings (SSSR count). The number of amides is 2. The van der Waals surface area contributed by atoms with E-state index >= 15 is 0 Å². The number of carbonyl (C=O) groups is 2. The van der Waals surface area contributed by atoms with E-state index in [2.05, 4.69) is 5.32 Å². The molecule has 7 nitrogen and oxygen atoms in total. The first-order valence-electron chi connectivity index (χ1n) is 13.3. The van der Waals surface area contributed by atoms with Crippen LogP contribution in [-0.4, -0.2) is 44.3 Å². The van der Waals surface area contributed by atoms with Gasteiger partial charge in [0.15, 0.2) is 0 Å². The van der Waals surface area contributed by atoms with Crippen LogP contribution in [0.3, 0.4) is 0 Å². The number of anilines is 1. The van der Waals surface area contributed by atoms with Crippen LogP contribution < -0.4 is 9.62 Å². The highest BCUT2D eigenvalue weighted by Crippen LogP contribution is 2.28. The fraction of sp³-hybridized carbons (Fsp3) is 0.355. The van der Waals surface area contributed by atoms with Crippen LogP contribution in [0, 0.1) is 26.7 Å². The maximum atomic E-state index is 14.0. The Kier molecular flexibility index (Phi) is 10.4. The normalized spacial score (nSPS) is 12.2. The van der Waals surface area contributed by atoms with Crippen LogP contribution in [-0.2, 0) is 26.2 Å². The minimum atomic E-state index is -4.11. The second-order valence-corrected chi connectivity index (χ2v) is 12.9. The van der Waals surface area contributed by atoms with Crippen LogP contribution in [0.5, 0.6) is 0 Å². The van der Waals surface area contributed by atoms with Crippen molar-refractivity contribution in [3.63, 3.8) is 0 Å². The summed E-state index contributed by atoms with van der Waals surface area (Å²) in [6, 6.07) is 18.1. The van der Waals surface area contributed by atoms with Gasteiger partial charge >= 0.3 is 0 Å². The van der Waals surface area contributed by atoms with E-state index in [4.69, 9.17) is 11.6 Å². The van der Waals surface area contributed by atoms with Crippen LogP contribution in [0.1, 0.15) is 43.0 Å². The fourth-order valence-corrected chi connectivity index (χ4v) is 5.86. The van der Waals surface area contributed by atoms with Crippen LogP contribution in [0.4, 0.5) is 5.69 Å². The third kappa shape index (κ3) is 7.86. The van der Waals surface area contributed by atoms with Crippen LogP contribution >= 0.6 is 11.6 Å². The summed E-state index contributed by atoms with van der Waals surface area (Å²) in [4.78, 5) is 28.6. The van der Waals surface area contributed by atoms with E-state index in [9.17, 15) is 18.0 Å². The largest absolute Gasteiger partial charge is 0.354 e. The maximum Gasteiger partial charge on any atom is 0.264 e. The van der Waals surface area contributed by atoms with Crippen molar-refractivity contribution in [3.8, 4) is 0 Å². The van der Waals surface area contributed by atoms with Gasteiger partial charge in [-0.2, -0.15) is 0 Å². The van der Waals surface area contributed by atoms with Crippen LogP contribution in [0.15, 0.2) is 71.6 Å². The molecule has 2 amide bonds. The summed E-state index contributed by atoms with van der Waals surface area (Å²) >= 11 is 6.06. The standard InChI is InChI=1S/C31H38ClN3O4S/c1-21(2)18-33-31(37)25(6)34(19-26-10-12-27(32)13-11-26)30(36)20-35(29-16-9-23(4)17-24(29)5)40(38,39)28-14-7-22(3)8-15-28/h7-17,21,25H,18-20H2,1-6H3,(H,33,37)/t25-/m0/s1. The van der Waals surface area contributed by atoms with Crippen molar-refractivity contribution in [3.05, 3.63) is 94.0 Å². The highest BCUT2D eigenvalue weighted by Gasteiger charge is 2.33. The molecule has 1 atom stereocenters. The monoisotopic (exact) mass is 583 g/mol. The number of benzene rings is 3. The van der Waals surface area contributed by atoms with Gasteiger partial charge in [-0.05, 0) is 75.1 Å². The molecule has 0 heterocycles. The average molecular weight is 584 g/mol. The summed E-state index contributed by atoms with van der Waals surface area (Å²) in [7, 11) is -4.11. The molecule has 1 N–H and O–H groups in total. The summed E-state index contributed by atoms with van der Waals surface area (Å²) in [6.45, 7) is 11.3. The predicted octanol–water partition coefficient (Wildman–Crippen LogP) is 5.65. The molecular formula is C31H38ClN3O4S. The van der Waals surface area contributed by atoms with E-state index in [0.717, 1.165) is 26.6 Å². The molecule has 3 aromatic rings. The van der Waals surface area contributed by atoms with E-state index in [0.29, 0.717) is 17.3 Å². The Morgan fingerprint density at radius 3 is 2.05 bits per heavy atom. The Balaban J connectivity index is 2.04. The van der Waals surface area contributed by atoms with Crippen LogP contribution in [0.2, 0.25) is 5.02 Å². The smallest absolute Gasteiger partial charge is 0.264 e. The molecule has 3 aromatic carbocycles. The number of nitrogens with one attached hydrogen (secondary N) is 1. The summed E-state index contributed by atoms with van der Waals surface area (Å²) < 4.78 is 29.1. The molecule has 214 valence electrons. The molecule has 0 aromatic heterocycles. The van der Waals surface area contributed by atoms with Gasteiger partial charge in [-0.15, -0.1) is 0 Å². The van der Waals surface area contributed by atoms with E-state index in [1.54, 1.807) is 61.5 Å². The number of halogens is 1. The zero-order valence-electron chi connectivity index (χ0n) is 23.9. The third-order valence-corrected chi connectivity index (χ3v) is 8.65. The second-order valence-electron chi connectivity index (χ2n) is 10.6. The van der Waals surface area contributed by atoms with Gasteiger partial charge in [-0.3, -0.25) is 13.9 Å². The lowest BCUT2D eigenvalue weighted by atomic mass is 10.1. The topological polar surface area (TPSA) is 86.8 Å². The molecular weight excluding hydrogens is 546 g/mol. The van der Waals surface area contributed by atoms with E-state index < -0.39 is 28.5 Å². The molecule has 0 fully saturated rings. The minimum Gasteiger partial charge on any atom is -0.354 e. The number of hydrogen-bond donors (Lipinski definition) is 1. The maximum absolute atomic E-state index is 14.0. The first-order chi connectivity index (χ1) is 18.8. The molecule has 0 radical (unpaired) electrons. The van der Waals surface area contributed by atoms with Crippen molar-refractivity contribution in [2.24, 2.45) is 5.92 Å². The average Bonchev–Trinajstić information content (AvgIpc) is 2.90. The van der Waals surface area contributed by atoms with Crippen LogP contribution in [0.25, 0.3) is 0 Å². The zero-order valence-corrected chi connectivity index (χ0v) is 25.5.